The third-order valence-corrected chi connectivity index (χ3v) is 8.02. The number of esters is 1. The molecule has 0 N–H and O–H groups in total. The summed E-state index contributed by atoms with van der Waals surface area (Å²) < 4.78 is 5.72. The predicted molar refractivity (Wildman–Crippen MR) is 124 cm³/mol. The molecule has 7 heteroatoms. The van der Waals surface area contributed by atoms with Gasteiger partial charge < -0.3 is 9.64 Å². The van der Waals surface area contributed by atoms with Gasteiger partial charge in [0.2, 0.25) is 17.7 Å². The summed E-state index contributed by atoms with van der Waals surface area (Å²) in [7, 11) is 0. The second-order valence-electron chi connectivity index (χ2n) is 10.0. The van der Waals surface area contributed by atoms with E-state index in [1.54, 1.807) is 29.2 Å². The number of nitrogens with zero attached hydrogens (tertiary/aromatic N) is 2. The summed E-state index contributed by atoms with van der Waals surface area (Å²) in [6.07, 6.45) is 3.03. The molecular weight excluding hydrogens is 432 g/mol. The van der Waals surface area contributed by atoms with E-state index >= 15 is 0 Å². The summed E-state index contributed by atoms with van der Waals surface area (Å²) in [6.45, 7) is 2.19. The van der Waals surface area contributed by atoms with Crippen LogP contribution in [-0.4, -0.2) is 30.2 Å². The van der Waals surface area contributed by atoms with Crippen molar-refractivity contribution < 1.29 is 23.9 Å². The number of para-hydroxylation sites is 2. The number of benzene rings is 2. The molecule has 6 rings (SSSR count). The summed E-state index contributed by atoms with van der Waals surface area (Å²) in [5, 5.41) is 0. The minimum absolute atomic E-state index is 0.0595. The molecule has 0 unspecified atom stereocenters. The predicted octanol–water partition coefficient (Wildman–Crippen LogP) is 3.49. The van der Waals surface area contributed by atoms with E-state index in [2.05, 4.69) is 0 Å². The van der Waals surface area contributed by atoms with Crippen molar-refractivity contribution in [2.75, 3.05) is 16.3 Å². The molecule has 5 atom stereocenters. The molecule has 2 aromatic carbocycles. The Hall–Kier alpha value is -3.48. The van der Waals surface area contributed by atoms with Gasteiger partial charge >= 0.3 is 5.97 Å². The molecule has 7 nitrogen and oxygen atoms in total. The third-order valence-electron chi connectivity index (χ3n) is 8.02. The Labute approximate surface area is 197 Å². The van der Waals surface area contributed by atoms with Gasteiger partial charge in [0.15, 0.2) is 5.75 Å². The first-order valence-electron chi connectivity index (χ1n) is 12.0. The van der Waals surface area contributed by atoms with Crippen LogP contribution < -0.4 is 14.5 Å². The molecule has 2 aromatic rings. The smallest absolute Gasteiger partial charge is 0.316 e. The number of hydrogen-bond donors (Lipinski definition) is 0. The van der Waals surface area contributed by atoms with Crippen molar-refractivity contribution in [1.82, 2.24) is 0 Å². The topological polar surface area (TPSA) is 84.0 Å². The molecule has 2 aliphatic heterocycles. The van der Waals surface area contributed by atoms with Crippen LogP contribution in [0.4, 0.5) is 11.4 Å². The van der Waals surface area contributed by atoms with E-state index < -0.39 is 11.9 Å². The maximum absolute atomic E-state index is 13.3. The van der Waals surface area contributed by atoms with E-state index in [9.17, 15) is 19.2 Å². The zero-order valence-electron chi connectivity index (χ0n) is 19.0. The summed E-state index contributed by atoms with van der Waals surface area (Å²) in [6, 6.07) is 14.3. The molecule has 0 spiro atoms. The maximum atomic E-state index is 13.3. The number of fused-ring (bicyclic) bond motifs is 5. The van der Waals surface area contributed by atoms with E-state index in [0.29, 0.717) is 5.69 Å². The molecule has 2 bridgehead atoms. The van der Waals surface area contributed by atoms with Crippen molar-refractivity contribution in [2.45, 2.75) is 32.6 Å². The average molecular weight is 459 g/mol. The lowest BCUT2D eigenvalue weighted by Gasteiger charge is -2.21. The molecule has 2 saturated carbocycles. The van der Waals surface area contributed by atoms with Crippen LogP contribution in [0.25, 0.3) is 0 Å². The highest BCUT2D eigenvalue weighted by Gasteiger charge is 2.61. The lowest BCUT2D eigenvalue weighted by Crippen LogP contribution is -2.33. The minimum Gasteiger partial charge on any atom is -0.424 e. The van der Waals surface area contributed by atoms with Gasteiger partial charge in [0.1, 0.15) is 0 Å². The molecule has 4 aliphatic rings. The number of rotatable bonds is 4. The van der Waals surface area contributed by atoms with Gasteiger partial charge in [0.05, 0.1) is 23.4 Å². The van der Waals surface area contributed by atoms with Crippen LogP contribution in [0.3, 0.4) is 0 Å². The average Bonchev–Trinajstić information content (AvgIpc) is 3.58. The van der Waals surface area contributed by atoms with E-state index in [1.807, 2.05) is 31.2 Å². The van der Waals surface area contributed by atoms with Crippen molar-refractivity contribution in [3.63, 3.8) is 0 Å². The van der Waals surface area contributed by atoms with Gasteiger partial charge in [-0.05, 0) is 67.9 Å². The SMILES string of the molecule is Cc1cccc(N2C[C@H](C(=O)Oc3ccccc3N3C(=O)[C@@H]4[C@H]5CC[C@@H](C5)[C@@H]4C3=O)CC2=O)c1. The monoisotopic (exact) mass is 458 g/mol. The first-order valence-corrected chi connectivity index (χ1v) is 12.0. The Balaban J connectivity index is 1.22. The van der Waals surface area contributed by atoms with Gasteiger partial charge in [0.25, 0.3) is 0 Å². The molecule has 3 amide bonds. The number of imide groups is 1. The van der Waals surface area contributed by atoms with Crippen LogP contribution in [0.15, 0.2) is 48.5 Å². The molecule has 2 aliphatic carbocycles. The number of carbonyl (C=O) groups excluding carboxylic acids is 4. The number of ether oxygens (including phenoxy) is 1. The molecule has 0 aromatic heterocycles. The van der Waals surface area contributed by atoms with Crippen molar-refractivity contribution in [3.05, 3.63) is 54.1 Å². The van der Waals surface area contributed by atoms with Gasteiger partial charge in [-0.25, -0.2) is 4.90 Å². The van der Waals surface area contributed by atoms with Gasteiger partial charge in [-0.1, -0.05) is 24.3 Å². The Morgan fingerprint density at radius 2 is 1.65 bits per heavy atom. The first kappa shape index (κ1) is 21.1. The van der Waals surface area contributed by atoms with Gasteiger partial charge in [-0.15, -0.1) is 0 Å². The second kappa shape index (κ2) is 7.79. The summed E-state index contributed by atoms with van der Waals surface area (Å²) in [5.74, 6) is -1.38. The summed E-state index contributed by atoms with van der Waals surface area (Å²) >= 11 is 0. The molecule has 34 heavy (non-hydrogen) atoms. The van der Waals surface area contributed by atoms with Gasteiger partial charge in [0, 0.05) is 18.7 Å². The largest absolute Gasteiger partial charge is 0.424 e. The number of amides is 3. The van der Waals surface area contributed by atoms with Crippen LogP contribution >= 0.6 is 0 Å². The second-order valence-corrected chi connectivity index (χ2v) is 10.0. The Morgan fingerprint density at radius 3 is 2.35 bits per heavy atom. The standard InChI is InChI=1S/C27H26N2O5/c1-15-5-4-6-19(11-15)28-14-18(13-22(28)30)27(33)34-21-8-3-2-7-20(21)29-25(31)23-16-9-10-17(12-16)24(23)26(29)32/h2-8,11,16-18,23-24H,9-10,12-14H2,1H3/t16-,17-,18+,23-,24+/m0/s1. The summed E-state index contributed by atoms with van der Waals surface area (Å²) in [4.78, 5) is 55.0. The van der Waals surface area contributed by atoms with E-state index in [1.165, 1.54) is 4.90 Å². The van der Waals surface area contributed by atoms with Crippen molar-refractivity contribution in [3.8, 4) is 5.75 Å². The van der Waals surface area contributed by atoms with E-state index in [0.717, 1.165) is 30.5 Å². The fourth-order valence-electron chi connectivity index (χ4n) is 6.48. The number of hydrogen-bond acceptors (Lipinski definition) is 5. The van der Waals surface area contributed by atoms with Crippen molar-refractivity contribution in [2.24, 2.45) is 29.6 Å². The fourth-order valence-corrected chi connectivity index (χ4v) is 6.48. The fraction of sp³-hybridized carbons (Fsp3) is 0.407. The Morgan fingerprint density at radius 1 is 0.941 bits per heavy atom. The van der Waals surface area contributed by atoms with E-state index in [-0.39, 0.29) is 60.1 Å². The van der Waals surface area contributed by atoms with Gasteiger partial charge in [-0.3, -0.25) is 19.2 Å². The van der Waals surface area contributed by atoms with Crippen LogP contribution in [0.5, 0.6) is 5.75 Å². The highest BCUT2D eigenvalue weighted by atomic mass is 16.5. The number of anilines is 2. The van der Waals surface area contributed by atoms with Crippen molar-refractivity contribution in [1.29, 1.82) is 0 Å². The lowest BCUT2D eigenvalue weighted by atomic mass is 9.81. The molecule has 174 valence electrons. The van der Waals surface area contributed by atoms with Crippen molar-refractivity contribution >= 4 is 35.1 Å². The summed E-state index contributed by atoms with van der Waals surface area (Å²) in [5.41, 5.74) is 2.11. The zero-order valence-corrected chi connectivity index (χ0v) is 19.0. The maximum Gasteiger partial charge on any atom is 0.316 e. The molecule has 2 heterocycles. The number of carbonyl (C=O) groups is 4. The highest BCUT2D eigenvalue weighted by Crippen LogP contribution is 2.57. The normalized spacial score (nSPS) is 29.8. The third kappa shape index (κ3) is 3.17. The van der Waals surface area contributed by atoms with Gasteiger partial charge in [-0.2, -0.15) is 0 Å². The van der Waals surface area contributed by atoms with Crippen LogP contribution in [-0.2, 0) is 19.2 Å². The molecule has 2 saturated heterocycles. The van der Waals surface area contributed by atoms with Crippen LogP contribution in [0, 0.1) is 36.5 Å². The molecule has 0 radical (unpaired) electrons. The van der Waals surface area contributed by atoms with Crippen LogP contribution in [0.2, 0.25) is 0 Å². The Bertz CT molecular complexity index is 1200. The minimum atomic E-state index is -0.624. The lowest BCUT2D eigenvalue weighted by molar-refractivity contribution is -0.139. The quantitative estimate of drug-likeness (QED) is 0.398. The Kier molecular flexibility index (Phi) is 4.83. The zero-order chi connectivity index (χ0) is 23.6. The first-order chi connectivity index (χ1) is 16.4. The number of aryl methyl sites for hydroxylation is 1. The highest BCUT2D eigenvalue weighted by molar-refractivity contribution is 6.23. The molecular formula is C27H26N2O5. The molecule has 4 fully saturated rings. The van der Waals surface area contributed by atoms with E-state index in [4.69, 9.17) is 4.74 Å². The van der Waals surface area contributed by atoms with Crippen LogP contribution in [0.1, 0.15) is 31.2 Å².